The molecule has 0 bridgehead atoms. The third kappa shape index (κ3) is 2.68. The zero-order chi connectivity index (χ0) is 14.2. The summed E-state index contributed by atoms with van der Waals surface area (Å²) in [4.78, 5) is 12.2. The summed E-state index contributed by atoms with van der Waals surface area (Å²) in [6.07, 6.45) is 2.02. The second-order valence-electron chi connectivity index (χ2n) is 6.09. The van der Waals surface area contributed by atoms with Crippen LogP contribution >= 0.6 is 0 Å². The number of aliphatic hydroxyl groups excluding tert-OH is 1. The monoisotopic (exact) mass is 264 g/mol. The van der Waals surface area contributed by atoms with Crippen molar-refractivity contribution in [1.82, 2.24) is 9.88 Å². The van der Waals surface area contributed by atoms with Crippen LogP contribution in [0.5, 0.6) is 0 Å². The predicted molar refractivity (Wildman–Crippen MR) is 75.4 cm³/mol. The number of aliphatic hydroxyl groups is 1. The van der Waals surface area contributed by atoms with Crippen LogP contribution in [0.25, 0.3) is 0 Å². The van der Waals surface area contributed by atoms with Gasteiger partial charge in [0.2, 0.25) is 0 Å². The highest BCUT2D eigenvalue weighted by molar-refractivity contribution is 5.95. The van der Waals surface area contributed by atoms with Crippen LogP contribution in [0.2, 0.25) is 0 Å². The third-order valence-electron chi connectivity index (χ3n) is 4.16. The van der Waals surface area contributed by atoms with Crippen molar-refractivity contribution < 1.29 is 9.90 Å². The second-order valence-corrected chi connectivity index (χ2v) is 6.09. The first-order chi connectivity index (χ1) is 8.90. The molecule has 0 aromatic carbocycles. The summed E-state index contributed by atoms with van der Waals surface area (Å²) < 4.78 is 2.17. The normalized spacial score (nSPS) is 16.7. The van der Waals surface area contributed by atoms with Gasteiger partial charge in [0.25, 0.3) is 5.91 Å². The number of amides is 1. The van der Waals surface area contributed by atoms with Gasteiger partial charge in [0, 0.05) is 29.4 Å². The Balaban J connectivity index is 2.09. The fraction of sp³-hybridized carbons (Fsp3) is 0.667. The highest BCUT2D eigenvalue weighted by atomic mass is 16.3. The minimum Gasteiger partial charge on any atom is -0.396 e. The molecule has 4 nitrogen and oxygen atoms in total. The Morgan fingerprint density at radius 3 is 2.53 bits per heavy atom. The van der Waals surface area contributed by atoms with E-state index in [-0.39, 0.29) is 17.9 Å². The molecule has 0 spiro atoms. The number of nitrogens with zero attached hydrogens (tertiary/aromatic N) is 1. The van der Waals surface area contributed by atoms with Gasteiger partial charge >= 0.3 is 0 Å². The van der Waals surface area contributed by atoms with Gasteiger partial charge in [0.05, 0.1) is 12.2 Å². The van der Waals surface area contributed by atoms with Crippen LogP contribution in [0.15, 0.2) is 6.07 Å². The highest BCUT2D eigenvalue weighted by Crippen LogP contribution is 2.44. The van der Waals surface area contributed by atoms with Crippen LogP contribution in [-0.4, -0.2) is 28.7 Å². The van der Waals surface area contributed by atoms with Crippen molar-refractivity contribution in [3.8, 4) is 0 Å². The number of aromatic nitrogens is 1. The van der Waals surface area contributed by atoms with E-state index in [9.17, 15) is 9.90 Å². The number of carbonyl (C=O) groups is 1. The van der Waals surface area contributed by atoms with Crippen LogP contribution in [0, 0.1) is 19.3 Å². The lowest BCUT2D eigenvalue weighted by atomic mass is 10.1. The molecule has 2 N–H and O–H groups in total. The lowest BCUT2D eigenvalue weighted by molar-refractivity contribution is 0.0934. The van der Waals surface area contributed by atoms with Gasteiger partial charge in [-0.1, -0.05) is 0 Å². The zero-order valence-corrected chi connectivity index (χ0v) is 12.3. The number of carbonyl (C=O) groups excluding carboxylic acids is 1. The first kappa shape index (κ1) is 14.1. The lowest BCUT2D eigenvalue weighted by Crippen LogP contribution is -2.32. The lowest BCUT2D eigenvalue weighted by Gasteiger charge is -2.15. The van der Waals surface area contributed by atoms with Crippen molar-refractivity contribution in [3.63, 3.8) is 0 Å². The van der Waals surface area contributed by atoms with Gasteiger partial charge in [-0.05, 0) is 46.6 Å². The maximum Gasteiger partial charge on any atom is 0.253 e. The van der Waals surface area contributed by atoms with Gasteiger partial charge < -0.3 is 15.0 Å². The topological polar surface area (TPSA) is 54.3 Å². The fourth-order valence-corrected chi connectivity index (χ4v) is 2.73. The third-order valence-corrected chi connectivity index (χ3v) is 4.16. The quantitative estimate of drug-likeness (QED) is 0.856. The van der Waals surface area contributed by atoms with E-state index in [1.165, 1.54) is 0 Å². The molecule has 106 valence electrons. The molecule has 1 aliphatic carbocycles. The summed E-state index contributed by atoms with van der Waals surface area (Å²) in [5.41, 5.74) is 2.83. The van der Waals surface area contributed by atoms with Crippen molar-refractivity contribution >= 4 is 5.91 Å². The first-order valence-corrected chi connectivity index (χ1v) is 6.98. The fourth-order valence-electron chi connectivity index (χ4n) is 2.73. The summed E-state index contributed by atoms with van der Waals surface area (Å²) in [5.74, 6) is -0.0280. The van der Waals surface area contributed by atoms with E-state index in [1.54, 1.807) is 0 Å². The summed E-state index contributed by atoms with van der Waals surface area (Å²) in [7, 11) is 0. The highest BCUT2D eigenvalue weighted by Gasteiger charge is 2.42. The summed E-state index contributed by atoms with van der Waals surface area (Å²) in [6, 6.07) is 2.30. The van der Waals surface area contributed by atoms with Gasteiger partial charge in [0.1, 0.15) is 0 Å². The number of aryl methyl sites for hydroxylation is 1. The van der Waals surface area contributed by atoms with E-state index in [0.717, 1.165) is 29.8 Å². The van der Waals surface area contributed by atoms with Gasteiger partial charge in [-0.2, -0.15) is 0 Å². The van der Waals surface area contributed by atoms with Gasteiger partial charge in [-0.25, -0.2) is 0 Å². The maximum atomic E-state index is 12.2. The van der Waals surface area contributed by atoms with E-state index >= 15 is 0 Å². The Labute approximate surface area is 114 Å². The van der Waals surface area contributed by atoms with Crippen molar-refractivity contribution in [2.24, 2.45) is 5.41 Å². The number of rotatable bonds is 5. The second kappa shape index (κ2) is 5.00. The van der Waals surface area contributed by atoms with Crippen LogP contribution in [0.1, 0.15) is 54.5 Å². The molecule has 2 rings (SSSR count). The molecular weight excluding hydrogens is 240 g/mol. The Kier molecular flexibility index (Phi) is 3.72. The molecule has 0 saturated heterocycles. The molecule has 1 amide bonds. The molecule has 1 fully saturated rings. The molecule has 0 atom stereocenters. The van der Waals surface area contributed by atoms with Crippen molar-refractivity contribution in [1.29, 1.82) is 0 Å². The maximum absolute atomic E-state index is 12.2. The average molecular weight is 264 g/mol. The molecule has 1 saturated carbocycles. The van der Waals surface area contributed by atoms with Gasteiger partial charge in [0.15, 0.2) is 0 Å². The standard InChI is InChI=1S/C15H24N2O2/c1-10(2)17-11(3)7-13(12(17)4)14(19)16-8-15(9-18)5-6-15/h7,10,18H,5-6,8-9H2,1-4H3,(H,16,19). The molecule has 1 heterocycles. The Bertz CT molecular complexity index is 485. The Hall–Kier alpha value is -1.29. The molecular formula is C15H24N2O2. The average Bonchev–Trinajstić information content (AvgIpc) is 3.07. The number of hydrogen-bond acceptors (Lipinski definition) is 2. The largest absolute Gasteiger partial charge is 0.396 e. The van der Waals surface area contributed by atoms with E-state index in [0.29, 0.717) is 12.6 Å². The molecule has 0 radical (unpaired) electrons. The number of hydrogen-bond donors (Lipinski definition) is 2. The summed E-state index contributed by atoms with van der Waals surface area (Å²) in [5, 5.41) is 12.2. The van der Waals surface area contributed by atoms with Crippen LogP contribution < -0.4 is 5.32 Å². The van der Waals surface area contributed by atoms with E-state index in [4.69, 9.17) is 0 Å². The number of nitrogens with one attached hydrogen (secondary N) is 1. The molecule has 19 heavy (non-hydrogen) atoms. The summed E-state index contributed by atoms with van der Waals surface area (Å²) >= 11 is 0. The zero-order valence-electron chi connectivity index (χ0n) is 12.3. The molecule has 1 aromatic rings. The molecule has 0 aliphatic heterocycles. The van der Waals surface area contributed by atoms with Crippen LogP contribution in [0.3, 0.4) is 0 Å². The minimum absolute atomic E-state index is 0.0280. The first-order valence-electron chi connectivity index (χ1n) is 6.98. The van der Waals surface area contributed by atoms with Crippen molar-refractivity contribution in [2.45, 2.75) is 46.6 Å². The van der Waals surface area contributed by atoms with Crippen molar-refractivity contribution in [2.75, 3.05) is 13.2 Å². The smallest absolute Gasteiger partial charge is 0.253 e. The van der Waals surface area contributed by atoms with Crippen molar-refractivity contribution in [3.05, 3.63) is 23.0 Å². The van der Waals surface area contributed by atoms with Gasteiger partial charge in [-0.15, -0.1) is 0 Å². The predicted octanol–water partition coefficient (Wildman–Crippen LogP) is 2.19. The molecule has 1 aliphatic rings. The molecule has 0 unspecified atom stereocenters. The van der Waals surface area contributed by atoms with E-state index in [1.807, 2.05) is 19.9 Å². The molecule has 4 heteroatoms. The SMILES string of the molecule is Cc1cc(C(=O)NCC2(CO)CC2)c(C)n1C(C)C. The molecule has 1 aromatic heterocycles. The van der Waals surface area contributed by atoms with Crippen LogP contribution in [0.4, 0.5) is 0 Å². The van der Waals surface area contributed by atoms with Gasteiger partial charge in [-0.3, -0.25) is 4.79 Å². The van der Waals surface area contributed by atoms with E-state index < -0.39 is 0 Å². The van der Waals surface area contributed by atoms with Crippen LogP contribution in [-0.2, 0) is 0 Å². The summed E-state index contributed by atoms with van der Waals surface area (Å²) in [6.45, 7) is 8.99. The van der Waals surface area contributed by atoms with E-state index in [2.05, 4.69) is 23.7 Å². The Morgan fingerprint density at radius 2 is 2.11 bits per heavy atom. The minimum atomic E-state index is -0.0424. The Morgan fingerprint density at radius 1 is 1.47 bits per heavy atom.